The van der Waals surface area contributed by atoms with Crippen LogP contribution in [0.25, 0.3) is 10.9 Å². The molecule has 8 nitrogen and oxygen atoms in total. The minimum absolute atomic E-state index is 0.0751. The fraction of sp³-hybridized carbons (Fsp3) is 0.304. The largest absolute Gasteiger partial charge is 0.503 e. The number of nitrogens with two attached hydrogens (primary N) is 1. The van der Waals surface area contributed by atoms with Crippen LogP contribution in [0.1, 0.15) is 58.8 Å². The zero-order valence-corrected chi connectivity index (χ0v) is 17.0. The molecule has 31 heavy (non-hydrogen) atoms. The first-order valence-corrected chi connectivity index (χ1v) is 10.3. The van der Waals surface area contributed by atoms with Gasteiger partial charge in [0.05, 0.1) is 5.52 Å². The van der Waals surface area contributed by atoms with E-state index < -0.39 is 6.16 Å². The van der Waals surface area contributed by atoms with Gasteiger partial charge in [0.25, 0.3) is 5.91 Å². The van der Waals surface area contributed by atoms with E-state index in [0.717, 1.165) is 10.9 Å². The summed E-state index contributed by atoms with van der Waals surface area (Å²) >= 11 is 0. The molecule has 0 spiro atoms. The number of anilines is 1. The highest BCUT2D eigenvalue weighted by Crippen LogP contribution is 2.36. The number of hydrogen-bond acceptors (Lipinski definition) is 5. The fourth-order valence-electron chi connectivity index (χ4n) is 4.47. The Hall–Kier alpha value is -3.68. The number of rotatable bonds is 2. The Balaban J connectivity index is 0.000000535. The highest BCUT2D eigenvalue weighted by molar-refractivity contribution is 6.05. The average Bonchev–Trinajstić information content (AvgIpc) is 3.42. The number of hydrogen-bond donors (Lipinski definition) is 3. The van der Waals surface area contributed by atoms with Crippen molar-refractivity contribution in [3.05, 3.63) is 64.8 Å². The second kappa shape index (κ2) is 8.59. The lowest BCUT2D eigenvalue weighted by atomic mass is 9.95. The number of carbonyl (C=O) groups is 2. The first-order chi connectivity index (χ1) is 14.9. The van der Waals surface area contributed by atoms with Gasteiger partial charge in [-0.1, -0.05) is 43.2 Å². The first kappa shape index (κ1) is 20.6. The summed E-state index contributed by atoms with van der Waals surface area (Å²) in [5, 5.41) is 14.8. The predicted molar refractivity (Wildman–Crippen MR) is 116 cm³/mol. The third kappa shape index (κ3) is 4.42. The fourth-order valence-corrected chi connectivity index (χ4v) is 4.47. The van der Waals surface area contributed by atoms with Crippen LogP contribution in [0.2, 0.25) is 0 Å². The number of benzene rings is 2. The van der Waals surface area contributed by atoms with Gasteiger partial charge < -0.3 is 20.8 Å². The summed E-state index contributed by atoms with van der Waals surface area (Å²) in [6, 6.07) is 14.4. The minimum atomic E-state index is -1.83. The van der Waals surface area contributed by atoms with E-state index in [0.29, 0.717) is 24.7 Å². The first-order valence-electron chi connectivity index (χ1n) is 10.3. The zero-order chi connectivity index (χ0) is 22.0. The van der Waals surface area contributed by atoms with E-state index in [1.54, 1.807) is 0 Å². The molecule has 1 aliphatic carbocycles. The van der Waals surface area contributed by atoms with Crippen LogP contribution in [-0.2, 0) is 13.1 Å². The molecule has 8 heteroatoms. The summed E-state index contributed by atoms with van der Waals surface area (Å²) < 4.78 is 0. The van der Waals surface area contributed by atoms with Crippen molar-refractivity contribution in [2.75, 3.05) is 5.73 Å². The normalized spacial score (nSPS) is 15.4. The van der Waals surface area contributed by atoms with Gasteiger partial charge in [-0.3, -0.25) is 4.79 Å². The molecule has 2 aliphatic rings. The van der Waals surface area contributed by atoms with Crippen LogP contribution in [0.15, 0.2) is 42.5 Å². The van der Waals surface area contributed by atoms with E-state index >= 15 is 0 Å². The molecular formula is C23H24N4O4. The van der Waals surface area contributed by atoms with E-state index in [1.807, 2.05) is 23.1 Å². The molecule has 0 bridgehead atoms. The lowest BCUT2D eigenvalue weighted by Crippen LogP contribution is -2.27. The van der Waals surface area contributed by atoms with Crippen molar-refractivity contribution in [2.24, 2.45) is 0 Å². The lowest BCUT2D eigenvalue weighted by Gasteiger charge is -2.17. The Bertz CT molecular complexity index is 1110. The lowest BCUT2D eigenvalue weighted by molar-refractivity contribution is 0.0747. The van der Waals surface area contributed by atoms with Gasteiger partial charge >= 0.3 is 6.16 Å². The molecule has 3 aromatic rings. The highest BCUT2D eigenvalue weighted by atomic mass is 16.6. The Morgan fingerprint density at radius 3 is 2.19 bits per heavy atom. The smallest absolute Gasteiger partial charge is 0.450 e. The summed E-state index contributed by atoms with van der Waals surface area (Å²) in [5.41, 5.74) is 10.8. The average molecular weight is 420 g/mol. The summed E-state index contributed by atoms with van der Waals surface area (Å²) in [6.45, 7) is 1.23. The van der Waals surface area contributed by atoms with Gasteiger partial charge in [-0.2, -0.15) is 0 Å². The molecule has 1 saturated carbocycles. The van der Waals surface area contributed by atoms with E-state index in [2.05, 4.69) is 34.2 Å². The number of amides is 1. The number of nitrogen functional groups attached to an aromatic ring is 1. The summed E-state index contributed by atoms with van der Waals surface area (Å²) in [7, 11) is 0. The molecule has 1 aromatic heterocycles. The number of aromatic nitrogens is 2. The molecule has 0 saturated heterocycles. The maximum atomic E-state index is 13.3. The quantitative estimate of drug-likeness (QED) is 0.565. The number of fused-ring (bicyclic) bond motifs is 2. The Morgan fingerprint density at radius 1 is 0.968 bits per heavy atom. The molecule has 0 atom stereocenters. The summed E-state index contributed by atoms with van der Waals surface area (Å²) in [4.78, 5) is 32.4. The third-order valence-corrected chi connectivity index (χ3v) is 5.89. The predicted octanol–water partition coefficient (Wildman–Crippen LogP) is 4.25. The SMILES string of the molecule is Nc1nc(C(=O)N2Cc3ccccc3C2)c2cc(C3CCCC3)ccc2n1.O=C(O)O. The van der Waals surface area contributed by atoms with Gasteiger partial charge in [0, 0.05) is 18.5 Å². The van der Waals surface area contributed by atoms with Crippen molar-refractivity contribution in [3.63, 3.8) is 0 Å². The monoisotopic (exact) mass is 420 g/mol. The standard InChI is InChI=1S/C22H22N4O.CH2O3/c23-22-24-19-10-9-15(14-5-1-2-6-14)11-18(19)20(25-22)21(27)26-12-16-7-3-4-8-17(16)13-26;2-1(3)4/h3-4,7-11,14H,1-2,5-6,12-13H2,(H2,23,24,25);(H2,2,3,4). The minimum Gasteiger partial charge on any atom is -0.450 e. The molecule has 5 rings (SSSR count). The van der Waals surface area contributed by atoms with E-state index in [9.17, 15) is 4.79 Å². The van der Waals surface area contributed by atoms with Crippen molar-refractivity contribution < 1.29 is 19.8 Å². The van der Waals surface area contributed by atoms with Crippen molar-refractivity contribution in [1.82, 2.24) is 14.9 Å². The molecule has 1 amide bonds. The van der Waals surface area contributed by atoms with Gasteiger partial charge in [-0.25, -0.2) is 14.8 Å². The Kier molecular flexibility index (Phi) is 5.70. The van der Waals surface area contributed by atoms with Crippen LogP contribution in [0, 0.1) is 0 Å². The number of carboxylic acid groups (broad SMARTS) is 2. The van der Waals surface area contributed by atoms with Crippen molar-refractivity contribution in [1.29, 1.82) is 0 Å². The Morgan fingerprint density at radius 2 is 1.58 bits per heavy atom. The van der Waals surface area contributed by atoms with Crippen LogP contribution in [0.3, 0.4) is 0 Å². The second-order valence-corrected chi connectivity index (χ2v) is 7.90. The van der Waals surface area contributed by atoms with Gasteiger partial charge in [0.2, 0.25) is 5.95 Å². The van der Waals surface area contributed by atoms with Gasteiger partial charge in [0.15, 0.2) is 0 Å². The maximum Gasteiger partial charge on any atom is 0.503 e. The van der Waals surface area contributed by atoms with Crippen molar-refractivity contribution >= 4 is 28.9 Å². The molecule has 1 aliphatic heterocycles. The molecule has 0 radical (unpaired) electrons. The van der Waals surface area contributed by atoms with E-state index in [4.69, 9.17) is 20.7 Å². The third-order valence-electron chi connectivity index (χ3n) is 5.89. The molecular weight excluding hydrogens is 396 g/mol. The Labute approximate surface area is 179 Å². The van der Waals surface area contributed by atoms with Crippen LogP contribution < -0.4 is 5.73 Å². The summed E-state index contributed by atoms with van der Waals surface area (Å²) in [6.07, 6.45) is 3.15. The van der Waals surface area contributed by atoms with E-state index in [-0.39, 0.29) is 11.9 Å². The maximum absolute atomic E-state index is 13.3. The number of nitrogens with zero attached hydrogens (tertiary/aromatic N) is 3. The molecule has 1 fully saturated rings. The van der Waals surface area contributed by atoms with Crippen LogP contribution in [-0.4, -0.2) is 37.1 Å². The molecule has 160 valence electrons. The highest BCUT2D eigenvalue weighted by Gasteiger charge is 2.27. The molecule has 0 unspecified atom stereocenters. The van der Waals surface area contributed by atoms with Crippen LogP contribution in [0.5, 0.6) is 0 Å². The van der Waals surface area contributed by atoms with Gasteiger partial charge in [0.1, 0.15) is 5.69 Å². The van der Waals surface area contributed by atoms with Crippen LogP contribution in [0.4, 0.5) is 10.7 Å². The van der Waals surface area contributed by atoms with Crippen LogP contribution >= 0.6 is 0 Å². The van der Waals surface area contributed by atoms with Crippen molar-refractivity contribution in [2.45, 2.75) is 44.7 Å². The topological polar surface area (TPSA) is 130 Å². The van der Waals surface area contributed by atoms with Gasteiger partial charge in [-0.15, -0.1) is 0 Å². The molecule has 2 heterocycles. The molecule has 4 N–H and O–H groups in total. The molecule has 2 aromatic carbocycles. The van der Waals surface area contributed by atoms with E-state index in [1.165, 1.54) is 42.4 Å². The summed E-state index contributed by atoms with van der Waals surface area (Å²) in [5.74, 6) is 0.649. The van der Waals surface area contributed by atoms with Crippen molar-refractivity contribution in [3.8, 4) is 0 Å². The van der Waals surface area contributed by atoms with Gasteiger partial charge in [-0.05, 0) is 47.6 Å². The second-order valence-electron chi connectivity index (χ2n) is 7.90. The zero-order valence-electron chi connectivity index (χ0n) is 17.0. The number of carbonyl (C=O) groups excluding carboxylic acids is 1.